The highest BCUT2D eigenvalue weighted by atomic mass is 127. The third-order valence-electron chi connectivity index (χ3n) is 2.90. The lowest BCUT2D eigenvalue weighted by Gasteiger charge is -2.10. The minimum atomic E-state index is -1.07. The molecule has 0 aromatic heterocycles. The van der Waals surface area contributed by atoms with Crippen molar-refractivity contribution in [1.29, 1.82) is 0 Å². The number of nitrogens with one attached hydrogen (secondary N) is 1. The number of amides is 1. The van der Waals surface area contributed by atoms with Crippen LogP contribution in [0.2, 0.25) is 5.02 Å². The van der Waals surface area contributed by atoms with Crippen molar-refractivity contribution in [1.82, 2.24) is 0 Å². The van der Waals surface area contributed by atoms with E-state index in [-0.39, 0.29) is 16.5 Å². The molecule has 0 atom stereocenters. The molecule has 0 saturated heterocycles. The molecule has 2 aromatic carbocycles. The summed E-state index contributed by atoms with van der Waals surface area (Å²) < 4.78 is 0.867. The second kappa shape index (κ2) is 6.44. The van der Waals surface area contributed by atoms with Crippen LogP contribution in [0.5, 0.6) is 0 Å². The third kappa shape index (κ3) is 3.54. The fraction of sp³-hybridized carbons (Fsp3) is 0.0667. The predicted molar refractivity (Wildman–Crippen MR) is 90.3 cm³/mol. The van der Waals surface area contributed by atoms with Crippen molar-refractivity contribution in [2.75, 3.05) is 5.32 Å². The smallest absolute Gasteiger partial charge is 0.335 e. The van der Waals surface area contributed by atoms with E-state index in [0.717, 1.165) is 9.13 Å². The molecule has 0 radical (unpaired) electrons. The summed E-state index contributed by atoms with van der Waals surface area (Å²) in [5, 5.41) is 11.8. The van der Waals surface area contributed by atoms with Gasteiger partial charge in [0.1, 0.15) is 0 Å². The van der Waals surface area contributed by atoms with Gasteiger partial charge in [-0.05, 0) is 59.3 Å². The van der Waals surface area contributed by atoms with Gasteiger partial charge in [0.2, 0.25) is 0 Å². The number of rotatable bonds is 3. The summed E-state index contributed by atoms with van der Waals surface area (Å²) in [6.45, 7) is 1.92. The Morgan fingerprint density at radius 3 is 2.57 bits per heavy atom. The number of carbonyl (C=O) groups is 2. The molecule has 0 aliphatic rings. The van der Waals surface area contributed by atoms with Crippen LogP contribution in [0.4, 0.5) is 5.69 Å². The molecule has 0 aliphatic carbocycles. The molecule has 0 heterocycles. The van der Waals surface area contributed by atoms with Crippen LogP contribution in [-0.4, -0.2) is 17.0 Å². The van der Waals surface area contributed by atoms with Gasteiger partial charge >= 0.3 is 5.97 Å². The predicted octanol–water partition coefficient (Wildman–Crippen LogP) is 4.20. The summed E-state index contributed by atoms with van der Waals surface area (Å²) in [6.07, 6.45) is 0. The van der Waals surface area contributed by atoms with Gasteiger partial charge < -0.3 is 10.4 Å². The van der Waals surface area contributed by atoms with Gasteiger partial charge in [0.15, 0.2) is 0 Å². The fourth-order valence-electron chi connectivity index (χ4n) is 1.76. The molecular weight excluding hydrogens is 405 g/mol. The Kier molecular flexibility index (Phi) is 4.84. The Labute approximate surface area is 140 Å². The maximum Gasteiger partial charge on any atom is 0.335 e. The molecular formula is C15H11ClINO3. The topological polar surface area (TPSA) is 66.4 Å². The van der Waals surface area contributed by atoms with Gasteiger partial charge in [-0.15, -0.1) is 0 Å². The van der Waals surface area contributed by atoms with Crippen LogP contribution in [0, 0.1) is 10.5 Å². The SMILES string of the molecule is Cc1cccc(C(=O)Nc2ccc(C(=O)O)cc2Cl)c1I. The monoisotopic (exact) mass is 415 g/mol. The summed E-state index contributed by atoms with van der Waals surface area (Å²) >= 11 is 8.11. The lowest BCUT2D eigenvalue weighted by molar-refractivity contribution is 0.0696. The molecule has 6 heteroatoms. The first-order valence-electron chi connectivity index (χ1n) is 5.99. The standard InChI is InChI=1S/C15H11ClINO3/c1-8-3-2-4-10(13(8)17)14(19)18-12-6-5-9(15(20)21)7-11(12)16/h2-7H,1H3,(H,18,19)(H,20,21). The van der Waals surface area contributed by atoms with E-state index < -0.39 is 5.97 Å². The summed E-state index contributed by atoms with van der Waals surface area (Å²) in [6, 6.07) is 9.64. The number of aromatic carboxylic acids is 1. The number of carboxylic acids is 1. The van der Waals surface area contributed by atoms with Crippen molar-refractivity contribution in [3.63, 3.8) is 0 Å². The van der Waals surface area contributed by atoms with Crippen LogP contribution >= 0.6 is 34.2 Å². The molecule has 2 N–H and O–H groups in total. The maximum absolute atomic E-state index is 12.3. The van der Waals surface area contributed by atoms with Gasteiger partial charge in [-0.3, -0.25) is 4.79 Å². The normalized spacial score (nSPS) is 10.2. The Balaban J connectivity index is 2.28. The molecule has 21 heavy (non-hydrogen) atoms. The molecule has 108 valence electrons. The van der Waals surface area contributed by atoms with Gasteiger partial charge in [0.05, 0.1) is 21.8 Å². The Hall–Kier alpha value is -1.60. The summed E-state index contributed by atoms with van der Waals surface area (Å²) in [5.74, 6) is -1.35. The van der Waals surface area contributed by atoms with Crippen molar-refractivity contribution in [2.45, 2.75) is 6.92 Å². The highest BCUT2D eigenvalue weighted by Gasteiger charge is 2.14. The Bertz CT molecular complexity index is 731. The molecule has 0 unspecified atom stereocenters. The van der Waals surface area contributed by atoms with Gasteiger partial charge in [-0.25, -0.2) is 4.79 Å². The summed E-state index contributed by atoms with van der Waals surface area (Å²) in [7, 11) is 0. The zero-order valence-electron chi connectivity index (χ0n) is 11.0. The zero-order valence-corrected chi connectivity index (χ0v) is 13.9. The van der Waals surface area contributed by atoms with Crippen molar-refractivity contribution in [2.24, 2.45) is 0 Å². The van der Waals surface area contributed by atoms with Gasteiger partial charge in [0.25, 0.3) is 5.91 Å². The van der Waals surface area contributed by atoms with E-state index >= 15 is 0 Å². The van der Waals surface area contributed by atoms with E-state index in [1.165, 1.54) is 18.2 Å². The quantitative estimate of drug-likeness (QED) is 0.738. The fourth-order valence-corrected chi connectivity index (χ4v) is 2.59. The lowest BCUT2D eigenvalue weighted by Crippen LogP contribution is -2.14. The summed E-state index contributed by atoms with van der Waals surface area (Å²) in [4.78, 5) is 23.1. The van der Waals surface area contributed by atoms with Gasteiger partial charge in [-0.1, -0.05) is 23.7 Å². The molecule has 2 aromatic rings. The molecule has 0 spiro atoms. The first-order valence-corrected chi connectivity index (χ1v) is 7.45. The molecule has 0 saturated carbocycles. The van der Waals surface area contributed by atoms with Crippen LogP contribution in [0.15, 0.2) is 36.4 Å². The lowest BCUT2D eigenvalue weighted by atomic mass is 10.1. The van der Waals surface area contributed by atoms with Gasteiger partial charge in [-0.2, -0.15) is 0 Å². The van der Waals surface area contributed by atoms with Gasteiger partial charge in [0, 0.05) is 3.57 Å². The van der Waals surface area contributed by atoms with E-state index in [0.29, 0.717) is 11.3 Å². The van der Waals surface area contributed by atoms with E-state index in [4.69, 9.17) is 16.7 Å². The van der Waals surface area contributed by atoms with Crippen molar-refractivity contribution >= 4 is 51.8 Å². The van der Waals surface area contributed by atoms with Crippen LogP contribution < -0.4 is 5.32 Å². The molecule has 0 aliphatic heterocycles. The van der Waals surface area contributed by atoms with Crippen LogP contribution in [0.1, 0.15) is 26.3 Å². The summed E-state index contributed by atoms with van der Waals surface area (Å²) in [5.41, 5.74) is 2.01. The number of carbonyl (C=O) groups excluding carboxylic acids is 1. The average molecular weight is 416 g/mol. The first kappa shape index (κ1) is 15.8. The molecule has 1 amide bonds. The largest absolute Gasteiger partial charge is 0.478 e. The van der Waals surface area contributed by atoms with Crippen LogP contribution in [0.3, 0.4) is 0 Å². The number of hydrogen-bond donors (Lipinski definition) is 2. The highest BCUT2D eigenvalue weighted by Crippen LogP contribution is 2.25. The van der Waals surface area contributed by atoms with Crippen molar-refractivity contribution < 1.29 is 14.7 Å². The van der Waals surface area contributed by atoms with E-state index in [1.807, 2.05) is 19.1 Å². The number of hydrogen-bond acceptors (Lipinski definition) is 2. The molecule has 4 nitrogen and oxygen atoms in total. The Morgan fingerprint density at radius 1 is 1.24 bits per heavy atom. The van der Waals surface area contributed by atoms with E-state index in [1.54, 1.807) is 6.07 Å². The minimum Gasteiger partial charge on any atom is -0.478 e. The number of aryl methyl sites for hydroxylation is 1. The second-order valence-corrected chi connectivity index (χ2v) is 5.88. The van der Waals surface area contributed by atoms with Crippen molar-refractivity contribution in [3.8, 4) is 0 Å². The molecule has 0 bridgehead atoms. The van der Waals surface area contributed by atoms with Crippen LogP contribution in [-0.2, 0) is 0 Å². The van der Waals surface area contributed by atoms with Crippen LogP contribution in [0.25, 0.3) is 0 Å². The first-order chi connectivity index (χ1) is 9.90. The number of benzene rings is 2. The Morgan fingerprint density at radius 2 is 1.95 bits per heavy atom. The van der Waals surface area contributed by atoms with Crippen molar-refractivity contribution in [3.05, 3.63) is 61.7 Å². The number of halogens is 2. The number of carboxylic acid groups (broad SMARTS) is 1. The van der Waals surface area contributed by atoms with E-state index in [9.17, 15) is 9.59 Å². The van der Waals surface area contributed by atoms with E-state index in [2.05, 4.69) is 27.9 Å². The average Bonchev–Trinajstić information content (AvgIpc) is 2.43. The number of anilines is 1. The minimum absolute atomic E-state index is 0.0723. The highest BCUT2D eigenvalue weighted by molar-refractivity contribution is 14.1. The third-order valence-corrected chi connectivity index (χ3v) is 4.65. The second-order valence-electron chi connectivity index (χ2n) is 4.39. The zero-order chi connectivity index (χ0) is 15.6. The molecule has 0 fully saturated rings. The molecule has 2 rings (SSSR count). The maximum atomic E-state index is 12.3.